The Morgan fingerprint density at radius 2 is 2.21 bits per heavy atom. The van der Waals surface area contributed by atoms with E-state index in [4.69, 9.17) is 4.74 Å². The van der Waals surface area contributed by atoms with Crippen LogP contribution < -0.4 is 5.32 Å². The average molecular weight is 197 g/mol. The van der Waals surface area contributed by atoms with E-state index in [2.05, 4.69) is 12.2 Å². The maximum Gasteiger partial charge on any atom is 0.0667 e. The van der Waals surface area contributed by atoms with Crippen LogP contribution in [-0.2, 0) is 4.74 Å². The molecule has 2 bridgehead atoms. The molecule has 0 heterocycles. The standard InChI is InChI=1S/C12H23NO/c1-9(14-2)7-13-8-12-6-10-3-4-11(12)5-10/h9-13H,3-8H2,1-2H3. The lowest BCUT2D eigenvalue weighted by atomic mass is 9.89. The van der Waals surface area contributed by atoms with E-state index in [-0.39, 0.29) is 0 Å². The van der Waals surface area contributed by atoms with Crippen molar-refractivity contribution in [3.8, 4) is 0 Å². The second-order valence-corrected chi connectivity index (χ2v) is 5.14. The van der Waals surface area contributed by atoms with E-state index in [9.17, 15) is 0 Å². The minimum Gasteiger partial charge on any atom is -0.380 e. The molecular formula is C12H23NO. The first-order chi connectivity index (χ1) is 6.79. The Hall–Kier alpha value is -0.0800. The van der Waals surface area contributed by atoms with Crippen molar-refractivity contribution in [1.29, 1.82) is 0 Å². The Morgan fingerprint density at radius 1 is 1.36 bits per heavy atom. The quantitative estimate of drug-likeness (QED) is 0.728. The van der Waals surface area contributed by atoms with Gasteiger partial charge in [-0.3, -0.25) is 0 Å². The average Bonchev–Trinajstić information content (AvgIpc) is 2.79. The van der Waals surface area contributed by atoms with Gasteiger partial charge in [0.1, 0.15) is 0 Å². The summed E-state index contributed by atoms with van der Waals surface area (Å²) < 4.78 is 5.21. The zero-order valence-corrected chi connectivity index (χ0v) is 9.46. The molecule has 0 aromatic heterocycles. The molecule has 2 aliphatic rings. The molecule has 0 aromatic carbocycles. The number of methoxy groups -OCH3 is 1. The monoisotopic (exact) mass is 197 g/mol. The van der Waals surface area contributed by atoms with E-state index in [0.717, 1.165) is 24.3 Å². The molecule has 0 aliphatic heterocycles. The first kappa shape index (κ1) is 10.4. The number of hydrogen-bond donors (Lipinski definition) is 1. The fourth-order valence-corrected chi connectivity index (χ4v) is 3.18. The smallest absolute Gasteiger partial charge is 0.0667 e. The van der Waals surface area contributed by atoms with Gasteiger partial charge in [0, 0.05) is 13.7 Å². The van der Waals surface area contributed by atoms with Crippen LogP contribution in [0.4, 0.5) is 0 Å². The molecule has 2 rings (SSSR count). The summed E-state index contributed by atoms with van der Waals surface area (Å²) in [6, 6.07) is 0. The third-order valence-electron chi connectivity index (χ3n) is 4.13. The number of fused-ring (bicyclic) bond motifs is 2. The molecule has 2 fully saturated rings. The zero-order valence-electron chi connectivity index (χ0n) is 9.46. The topological polar surface area (TPSA) is 21.3 Å². The molecule has 4 unspecified atom stereocenters. The van der Waals surface area contributed by atoms with E-state index >= 15 is 0 Å². The van der Waals surface area contributed by atoms with Crippen molar-refractivity contribution in [2.45, 2.75) is 38.7 Å². The van der Waals surface area contributed by atoms with Gasteiger partial charge in [-0.1, -0.05) is 6.42 Å². The second kappa shape index (κ2) is 4.63. The lowest BCUT2D eigenvalue weighted by molar-refractivity contribution is 0.115. The third-order valence-corrected chi connectivity index (χ3v) is 4.13. The summed E-state index contributed by atoms with van der Waals surface area (Å²) in [5.41, 5.74) is 0. The SMILES string of the molecule is COC(C)CNCC1CC2CCC1C2. The molecule has 14 heavy (non-hydrogen) atoms. The van der Waals surface area contributed by atoms with Crippen LogP contribution >= 0.6 is 0 Å². The van der Waals surface area contributed by atoms with Crippen LogP contribution in [-0.4, -0.2) is 26.3 Å². The van der Waals surface area contributed by atoms with Crippen LogP contribution in [0.3, 0.4) is 0 Å². The maximum absolute atomic E-state index is 5.21. The Bertz CT molecular complexity index is 183. The summed E-state index contributed by atoms with van der Waals surface area (Å²) >= 11 is 0. The van der Waals surface area contributed by atoms with E-state index < -0.39 is 0 Å². The highest BCUT2D eigenvalue weighted by atomic mass is 16.5. The highest BCUT2D eigenvalue weighted by Gasteiger charge is 2.38. The normalized spacial score (nSPS) is 37.7. The van der Waals surface area contributed by atoms with Gasteiger partial charge in [-0.05, 0) is 50.5 Å². The molecule has 0 saturated heterocycles. The summed E-state index contributed by atoms with van der Waals surface area (Å²) in [6.45, 7) is 4.34. The largest absolute Gasteiger partial charge is 0.380 e. The van der Waals surface area contributed by atoms with Crippen molar-refractivity contribution in [3.05, 3.63) is 0 Å². The molecule has 1 N–H and O–H groups in total. The summed E-state index contributed by atoms with van der Waals surface area (Å²) in [5.74, 6) is 3.09. The van der Waals surface area contributed by atoms with Crippen LogP contribution in [0.5, 0.6) is 0 Å². The molecule has 4 atom stereocenters. The third kappa shape index (κ3) is 2.29. The molecule has 0 aromatic rings. The Morgan fingerprint density at radius 3 is 2.79 bits per heavy atom. The van der Waals surface area contributed by atoms with Gasteiger partial charge in [0.05, 0.1) is 6.10 Å². The Labute approximate surface area is 87.4 Å². The predicted molar refractivity (Wildman–Crippen MR) is 58.3 cm³/mol. The van der Waals surface area contributed by atoms with Crippen molar-refractivity contribution in [3.63, 3.8) is 0 Å². The molecular weight excluding hydrogens is 174 g/mol. The molecule has 2 saturated carbocycles. The van der Waals surface area contributed by atoms with E-state index in [1.165, 1.54) is 32.2 Å². The predicted octanol–water partition coefficient (Wildman–Crippen LogP) is 2.05. The van der Waals surface area contributed by atoms with E-state index in [1.807, 2.05) is 0 Å². The van der Waals surface area contributed by atoms with Gasteiger partial charge in [0.25, 0.3) is 0 Å². The van der Waals surface area contributed by atoms with Crippen molar-refractivity contribution in [2.24, 2.45) is 17.8 Å². The zero-order chi connectivity index (χ0) is 9.97. The van der Waals surface area contributed by atoms with Gasteiger partial charge in [-0.25, -0.2) is 0 Å². The van der Waals surface area contributed by atoms with Crippen molar-refractivity contribution in [2.75, 3.05) is 20.2 Å². The molecule has 2 aliphatic carbocycles. The second-order valence-electron chi connectivity index (χ2n) is 5.14. The van der Waals surface area contributed by atoms with Gasteiger partial charge in [0.15, 0.2) is 0 Å². The number of hydrogen-bond acceptors (Lipinski definition) is 2. The van der Waals surface area contributed by atoms with E-state index in [1.54, 1.807) is 7.11 Å². The minimum absolute atomic E-state index is 0.355. The van der Waals surface area contributed by atoms with Crippen LogP contribution in [0, 0.1) is 17.8 Å². The molecule has 0 radical (unpaired) electrons. The fraction of sp³-hybridized carbons (Fsp3) is 1.00. The number of ether oxygens (including phenoxy) is 1. The summed E-state index contributed by atoms with van der Waals surface area (Å²) in [5, 5.41) is 3.54. The molecule has 82 valence electrons. The molecule has 0 amide bonds. The van der Waals surface area contributed by atoms with Gasteiger partial charge in [0.2, 0.25) is 0 Å². The summed E-state index contributed by atoms with van der Waals surface area (Å²) in [4.78, 5) is 0. The van der Waals surface area contributed by atoms with Crippen molar-refractivity contribution >= 4 is 0 Å². The van der Waals surface area contributed by atoms with Gasteiger partial charge in [-0.2, -0.15) is 0 Å². The fourth-order valence-electron chi connectivity index (χ4n) is 3.18. The first-order valence-corrected chi connectivity index (χ1v) is 6.03. The minimum atomic E-state index is 0.355. The lowest BCUT2D eigenvalue weighted by Gasteiger charge is -2.22. The van der Waals surface area contributed by atoms with Crippen LogP contribution in [0.1, 0.15) is 32.6 Å². The maximum atomic E-state index is 5.21. The first-order valence-electron chi connectivity index (χ1n) is 6.03. The molecule has 2 nitrogen and oxygen atoms in total. The Balaban J connectivity index is 1.62. The van der Waals surface area contributed by atoms with Crippen LogP contribution in [0.25, 0.3) is 0 Å². The lowest BCUT2D eigenvalue weighted by Crippen LogP contribution is -2.32. The van der Waals surface area contributed by atoms with Crippen LogP contribution in [0.15, 0.2) is 0 Å². The highest BCUT2D eigenvalue weighted by molar-refractivity contribution is 4.90. The summed E-state index contributed by atoms with van der Waals surface area (Å²) in [7, 11) is 1.78. The number of nitrogens with one attached hydrogen (secondary N) is 1. The number of rotatable bonds is 5. The molecule has 2 heteroatoms. The summed E-state index contributed by atoms with van der Waals surface area (Å²) in [6.07, 6.45) is 6.37. The van der Waals surface area contributed by atoms with Crippen molar-refractivity contribution < 1.29 is 4.74 Å². The highest BCUT2D eigenvalue weighted by Crippen LogP contribution is 2.47. The van der Waals surface area contributed by atoms with Gasteiger partial charge >= 0.3 is 0 Å². The van der Waals surface area contributed by atoms with Gasteiger partial charge < -0.3 is 10.1 Å². The molecule has 0 spiro atoms. The van der Waals surface area contributed by atoms with E-state index in [0.29, 0.717) is 6.10 Å². The van der Waals surface area contributed by atoms with Crippen molar-refractivity contribution in [1.82, 2.24) is 5.32 Å². The Kier molecular flexibility index (Phi) is 3.45. The van der Waals surface area contributed by atoms with Crippen LogP contribution in [0.2, 0.25) is 0 Å². The van der Waals surface area contributed by atoms with Gasteiger partial charge in [-0.15, -0.1) is 0 Å².